The third-order valence-corrected chi connectivity index (χ3v) is 5.52. The van der Waals surface area contributed by atoms with Gasteiger partial charge in [0.15, 0.2) is 9.84 Å². The number of aryl methyl sites for hydroxylation is 1. The lowest BCUT2D eigenvalue weighted by Crippen LogP contribution is -2.37. The van der Waals surface area contributed by atoms with Crippen LogP contribution in [0.25, 0.3) is 0 Å². The van der Waals surface area contributed by atoms with Crippen LogP contribution in [-0.2, 0) is 9.84 Å². The molecule has 134 valence electrons. The van der Waals surface area contributed by atoms with E-state index in [1.807, 2.05) is 22.7 Å². The zero-order chi connectivity index (χ0) is 18.2. The monoisotopic (exact) mass is 364 g/mol. The van der Waals surface area contributed by atoms with E-state index < -0.39 is 14.8 Å². The average Bonchev–Trinajstić information content (AvgIpc) is 3.00. The minimum absolute atomic E-state index is 0.000930. The Bertz CT molecular complexity index is 907. The molecule has 1 aliphatic rings. The van der Waals surface area contributed by atoms with Gasteiger partial charge < -0.3 is 4.90 Å². The first kappa shape index (κ1) is 17.4. The van der Waals surface area contributed by atoms with Crippen LogP contribution in [0.4, 0.5) is 11.4 Å². The van der Waals surface area contributed by atoms with Crippen LogP contribution in [0.15, 0.2) is 35.5 Å². The van der Waals surface area contributed by atoms with Gasteiger partial charge in [0.1, 0.15) is 0 Å². The lowest BCUT2D eigenvalue weighted by Gasteiger charge is -2.35. The van der Waals surface area contributed by atoms with E-state index in [1.54, 1.807) is 6.20 Å². The quantitative estimate of drug-likeness (QED) is 0.610. The van der Waals surface area contributed by atoms with Gasteiger partial charge in [-0.2, -0.15) is 5.10 Å². The van der Waals surface area contributed by atoms with Gasteiger partial charge in [0.05, 0.1) is 27.7 Å². The normalized spacial score (nSPS) is 18.3. The molecule has 0 aliphatic carbocycles. The van der Waals surface area contributed by atoms with E-state index in [0.29, 0.717) is 18.8 Å². The molecule has 0 spiro atoms. The van der Waals surface area contributed by atoms with Crippen LogP contribution in [0.2, 0.25) is 0 Å². The van der Waals surface area contributed by atoms with E-state index in [9.17, 15) is 18.5 Å². The zero-order valence-electron chi connectivity index (χ0n) is 14.1. The maximum absolute atomic E-state index is 12.2. The highest BCUT2D eigenvalue weighted by Gasteiger charge is 2.27. The summed E-state index contributed by atoms with van der Waals surface area (Å²) in [6.07, 6.45) is 6.70. The Morgan fingerprint density at radius 3 is 2.72 bits per heavy atom. The molecule has 1 aromatic carbocycles. The Hall–Kier alpha value is -2.42. The molecular weight excluding hydrogens is 344 g/mol. The summed E-state index contributed by atoms with van der Waals surface area (Å²) in [5.74, 6) is 0. The average molecular weight is 364 g/mol. The molecule has 25 heavy (non-hydrogen) atoms. The molecule has 0 bridgehead atoms. The molecule has 2 aromatic rings. The molecule has 0 amide bonds. The second kappa shape index (κ2) is 6.47. The van der Waals surface area contributed by atoms with E-state index in [-0.39, 0.29) is 16.6 Å². The van der Waals surface area contributed by atoms with Gasteiger partial charge in [-0.05, 0) is 31.4 Å². The summed E-state index contributed by atoms with van der Waals surface area (Å²) in [4.78, 5) is 12.4. The van der Waals surface area contributed by atoms with Crippen LogP contribution < -0.4 is 4.90 Å². The van der Waals surface area contributed by atoms with Crippen LogP contribution >= 0.6 is 0 Å². The molecule has 1 saturated heterocycles. The van der Waals surface area contributed by atoms with Gasteiger partial charge in [-0.15, -0.1) is 0 Å². The maximum atomic E-state index is 12.2. The summed E-state index contributed by atoms with van der Waals surface area (Å²) < 4.78 is 26.2. The number of nitro groups is 1. The van der Waals surface area contributed by atoms with Crippen molar-refractivity contribution in [1.29, 1.82) is 0 Å². The Balaban J connectivity index is 1.96. The van der Waals surface area contributed by atoms with Crippen molar-refractivity contribution in [3.05, 3.63) is 46.3 Å². The van der Waals surface area contributed by atoms with Crippen molar-refractivity contribution in [2.75, 3.05) is 24.2 Å². The van der Waals surface area contributed by atoms with E-state index in [4.69, 9.17) is 0 Å². The van der Waals surface area contributed by atoms with Crippen LogP contribution in [0.5, 0.6) is 0 Å². The van der Waals surface area contributed by atoms with E-state index in [1.165, 1.54) is 12.1 Å². The first-order chi connectivity index (χ1) is 11.8. The Morgan fingerprint density at radius 2 is 2.12 bits per heavy atom. The van der Waals surface area contributed by atoms with E-state index in [0.717, 1.165) is 30.7 Å². The third kappa shape index (κ3) is 3.65. The van der Waals surface area contributed by atoms with E-state index in [2.05, 4.69) is 5.10 Å². The minimum atomic E-state index is -3.59. The molecule has 1 atom stereocenters. The standard InChI is InChI=1S/C16H20N4O4S/c1-12-9-17-19(10-12)14-4-3-7-18(11-14)15-6-5-13(20(21)22)8-16(15)25(2,23)24/h5-6,8-10,14H,3-4,7,11H2,1-2H3. The number of aromatic nitrogens is 2. The highest BCUT2D eigenvalue weighted by molar-refractivity contribution is 7.90. The maximum Gasteiger partial charge on any atom is 0.270 e. The van der Waals surface area contributed by atoms with Gasteiger partial charge in [0.2, 0.25) is 0 Å². The zero-order valence-corrected chi connectivity index (χ0v) is 14.9. The largest absolute Gasteiger partial charge is 0.368 e. The highest BCUT2D eigenvalue weighted by atomic mass is 32.2. The molecule has 0 radical (unpaired) electrons. The Labute approximate surface area is 146 Å². The SMILES string of the molecule is Cc1cnn(C2CCCN(c3ccc([N+](=O)[O-])cc3S(C)(=O)=O)C2)c1. The van der Waals surface area contributed by atoms with E-state index >= 15 is 0 Å². The van der Waals surface area contributed by atoms with Gasteiger partial charge >= 0.3 is 0 Å². The van der Waals surface area contributed by atoms with Gasteiger partial charge in [-0.3, -0.25) is 14.8 Å². The predicted molar refractivity (Wildman–Crippen MR) is 93.7 cm³/mol. The van der Waals surface area contributed by atoms with Crippen molar-refractivity contribution < 1.29 is 13.3 Å². The van der Waals surface area contributed by atoms with Crippen LogP contribution in [0.1, 0.15) is 24.4 Å². The molecule has 1 aromatic heterocycles. The molecule has 8 nitrogen and oxygen atoms in total. The second-order valence-electron chi connectivity index (χ2n) is 6.42. The number of benzene rings is 1. The molecule has 0 saturated carbocycles. The number of hydrogen-bond acceptors (Lipinski definition) is 6. The number of nitrogens with zero attached hydrogens (tertiary/aromatic N) is 4. The fourth-order valence-electron chi connectivity index (χ4n) is 3.20. The Morgan fingerprint density at radius 1 is 1.36 bits per heavy atom. The number of rotatable bonds is 4. The number of sulfone groups is 1. The first-order valence-electron chi connectivity index (χ1n) is 8.00. The first-order valence-corrected chi connectivity index (χ1v) is 9.89. The minimum Gasteiger partial charge on any atom is -0.368 e. The van der Waals surface area contributed by atoms with Gasteiger partial charge in [-0.25, -0.2) is 8.42 Å². The fraction of sp³-hybridized carbons (Fsp3) is 0.438. The Kier molecular flexibility index (Phi) is 4.51. The number of non-ortho nitro benzene ring substituents is 1. The van der Waals surface area contributed by atoms with Gasteiger partial charge in [0, 0.05) is 37.7 Å². The molecule has 3 rings (SSSR count). The van der Waals surface area contributed by atoms with Gasteiger partial charge in [0.25, 0.3) is 5.69 Å². The second-order valence-corrected chi connectivity index (χ2v) is 8.41. The lowest BCUT2D eigenvalue weighted by atomic mass is 10.0. The fourth-order valence-corrected chi connectivity index (χ4v) is 4.11. The summed E-state index contributed by atoms with van der Waals surface area (Å²) in [6, 6.07) is 4.17. The summed E-state index contributed by atoms with van der Waals surface area (Å²) in [7, 11) is -3.59. The molecule has 1 aliphatic heterocycles. The van der Waals surface area contributed by atoms with Crippen LogP contribution in [-0.4, -0.2) is 42.5 Å². The van der Waals surface area contributed by atoms with Gasteiger partial charge in [-0.1, -0.05) is 0 Å². The molecule has 1 fully saturated rings. The molecule has 0 N–H and O–H groups in total. The predicted octanol–water partition coefficient (Wildman–Crippen LogP) is 2.34. The number of hydrogen-bond donors (Lipinski definition) is 0. The van der Waals surface area contributed by atoms with Crippen molar-refractivity contribution in [1.82, 2.24) is 9.78 Å². The van der Waals surface area contributed by atoms with Crippen molar-refractivity contribution >= 4 is 21.2 Å². The van der Waals surface area contributed by atoms with Crippen molar-refractivity contribution in [3.8, 4) is 0 Å². The topological polar surface area (TPSA) is 98.3 Å². The summed E-state index contributed by atoms with van der Waals surface area (Å²) in [5, 5.41) is 15.4. The summed E-state index contributed by atoms with van der Waals surface area (Å²) >= 11 is 0. The number of piperidine rings is 1. The molecule has 2 heterocycles. The van der Waals surface area contributed by atoms with Crippen molar-refractivity contribution in [2.24, 2.45) is 0 Å². The summed E-state index contributed by atoms with van der Waals surface area (Å²) in [5.41, 5.74) is 1.37. The third-order valence-electron chi connectivity index (χ3n) is 4.40. The van der Waals surface area contributed by atoms with Crippen molar-refractivity contribution in [2.45, 2.75) is 30.7 Å². The molecule has 9 heteroatoms. The summed E-state index contributed by atoms with van der Waals surface area (Å²) in [6.45, 7) is 3.29. The molecular formula is C16H20N4O4S. The number of nitro benzene ring substituents is 1. The highest BCUT2D eigenvalue weighted by Crippen LogP contribution is 2.33. The number of anilines is 1. The van der Waals surface area contributed by atoms with Crippen LogP contribution in [0.3, 0.4) is 0 Å². The van der Waals surface area contributed by atoms with Crippen molar-refractivity contribution in [3.63, 3.8) is 0 Å². The molecule has 1 unspecified atom stereocenters. The smallest absolute Gasteiger partial charge is 0.270 e. The lowest BCUT2D eigenvalue weighted by molar-refractivity contribution is -0.385. The van der Waals surface area contributed by atoms with Crippen LogP contribution in [0, 0.1) is 17.0 Å².